The monoisotopic (exact) mass is 467 g/mol. The van der Waals surface area contributed by atoms with Gasteiger partial charge in [-0.15, -0.1) is 0 Å². The van der Waals surface area contributed by atoms with E-state index in [9.17, 15) is 4.79 Å². The molecule has 1 N–H and O–H groups in total. The van der Waals surface area contributed by atoms with E-state index in [0.29, 0.717) is 63.6 Å². The van der Waals surface area contributed by atoms with Gasteiger partial charge in [0, 0.05) is 22.7 Å². The maximum absolute atomic E-state index is 12.3. The number of ether oxygens (including phenoxy) is 4. The summed E-state index contributed by atoms with van der Waals surface area (Å²) in [6, 6.07) is 6.96. The van der Waals surface area contributed by atoms with Gasteiger partial charge in [0.2, 0.25) is 5.91 Å². The molecular weight excluding hydrogens is 450 g/mol. The fourth-order valence-corrected chi connectivity index (χ4v) is 3.37. The molecule has 2 aromatic rings. The minimum Gasteiger partial charge on any atom is -0.491 e. The van der Waals surface area contributed by atoms with Gasteiger partial charge in [0.15, 0.2) is 23.0 Å². The fourth-order valence-electron chi connectivity index (χ4n) is 2.65. The summed E-state index contributed by atoms with van der Waals surface area (Å²) >= 11 is 9.66. The van der Waals surface area contributed by atoms with Gasteiger partial charge in [0.1, 0.15) is 13.2 Å². The van der Waals surface area contributed by atoms with Crippen LogP contribution in [-0.2, 0) is 4.79 Å². The lowest BCUT2D eigenvalue weighted by Crippen LogP contribution is -2.16. The fraction of sp³-hybridized carbons (Fsp3) is 0.250. The van der Waals surface area contributed by atoms with Crippen molar-refractivity contribution in [3.8, 4) is 23.0 Å². The highest BCUT2D eigenvalue weighted by atomic mass is 79.9. The van der Waals surface area contributed by atoms with Gasteiger partial charge >= 0.3 is 0 Å². The molecule has 0 saturated carbocycles. The van der Waals surface area contributed by atoms with Crippen LogP contribution in [0.25, 0.3) is 6.08 Å². The van der Waals surface area contributed by atoms with Crippen molar-refractivity contribution < 1.29 is 23.7 Å². The zero-order valence-electron chi connectivity index (χ0n) is 15.4. The van der Waals surface area contributed by atoms with Crippen molar-refractivity contribution in [1.82, 2.24) is 0 Å². The molecule has 148 valence electrons. The highest BCUT2D eigenvalue weighted by Gasteiger charge is 2.16. The summed E-state index contributed by atoms with van der Waals surface area (Å²) in [6.45, 7) is 3.32. The summed E-state index contributed by atoms with van der Waals surface area (Å²) in [7, 11) is 1.53. The van der Waals surface area contributed by atoms with Crippen molar-refractivity contribution in [3.05, 3.63) is 45.4 Å². The molecule has 0 spiro atoms. The minimum absolute atomic E-state index is 0.303. The van der Waals surface area contributed by atoms with E-state index in [4.69, 9.17) is 30.5 Å². The third-order valence-corrected chi connectivity index (χ3v) is 4.79. The van der Waals surface area contributed by atoms with Crippen LogP contribution in [0.3, 0.4) is 0 Å². The molecule has 0 aromatic heterocycles. The van der Waals surface area contributed by atoms with Crippen LogP contribution >= 0.6 is 27.5 Å². The van der Waals surface area contributed by atoms with Crippen LogP contribution in [0.15, 0.2) is 34.8 Å². The zero-order valence-corrected chi connectivity index (χ0v) is 17.7. The van der Waals surface area contributed by atoms with Crippen LogP contribution < -0.4 is 24.3 Å². The number of methoxy groups -OCH3 is 1. The Hall–Kier alpha value is -2.38. The highest BCUT2D eigenvalue weighted by molar-refractivity contribution is 9.10. The molecule has 0 aliphatic carbocycles. The topological polar surface area (TPSA) is 66.0 Å². The third-order valence-electron chi connectivity index (χ3n) is 3.85. The first-order valence-corrected chi connectivity index (χ1v) is 9.77. The van der Waals surface area contributed by atoms with E-state index < -0.39 is 0 Å². The van der Waals surface area contributed by atoms with E-state index in [-0.39, 0.29) is 5.91 Å². The average molecular weight is 469 g/mol. The summed E-state index contributed by atoms with van der Waals surface area (Å²) < 4.78 is 22.6. The largest absolute Gasteiger partial charge is 0.491 e. The Labute approximate surface area is 176 Å². The van der Waals surface area contributed by atoms with Gasteiger partial charge in [-0.2, -0.15) is 0 Å². The quantitative estimate of drug-likeness (QED) is 0.609. The minimum atomic E-state index is -0.303. The van der Waals surface area contributed by atoms with Gasteiger partial charge in [-0.05, 0) is 46.6 Å². The Balaban J connectivity index is 1.75. The molecule has 3 rings (SSSR count). The van der Waals surface area contributed by atoms with Crippen LogP contribution in [0, 0.1) is 0 Å². The van der Waals surface area contributed by atoms with Crippen LogP contribution in [0.2, 0.25) is 5.02 Å². The first-order valence-electron chi connectivity index (χ1n) is 8.60. The predicted octanol–water partition coefficient (Wildman–Crippen LogP) is 4.93. The van der Waals surface area contributed by atoms with E-state index in [1.165, 1.54) is 13.2 Å². The molecule has 2 aromatic carbocycles. The second-order valence-corrected chi connectivity index (χ2v) is 7.03. The van der Waals surface area contributed by atoms with Crippen LogP contribution in [0.4, 0.5) is 5.69 Å². The summed E-state index contributed by atoms with van der Waals surface area (Å²) in [5.41, 5.74) is 1.30. The summed E-state index contributed by atoms with van der Waals surface area (Å²) in [5.74, 6) is 1.92. The Bertz CT molecular complexity index is 916. The van der Waals surface area contributed by atoms with E-state index in [1.807, 2.05) is 6.92 Å². The Kier molecular flexibility index (Phi) is 6.70. The van der Waals surface area contributed by atoms with Gasteiger partial charge in [-0.25, -0.2) is 0 Å². The van der Waals surface area contributed by atoms with Gasteiger partial charge in [0.25, 0.3) is 0 Å². The van der Waals surface area contributed by atoms with E-state index >= 15 is 0 Å². The molecule has 1 amide bonds. The molecule has 0 radical (unpaired) electrons. The van der Waals surface area contributed by atoms with E-state index in [1.54, 1.807) is 30.3 Å². The number of anilines is 1. The van der Waals surface area contributed by atoms with Crippen molar-refractivity contribution in [2.75, 3.05) is 32.2 Å². The first kappa shape index (κ1) is 20.4. The van der Waals surface area contributed by atoms with E-state index in [2.05, 4.69) is 21.2 Å². The Morgan fingerprint density at radius 1 is 1.25 bits per heavy atom. The summed E-state index contributed by atoms with van der Waals surface area (Å²) in [6.07, 6.45) is 3.06. The lowest BCUT2D eigenvalue weighted by Gasteiger charge is -2.19. The molecule has 6 nitrogen and oxygen atoms in total. The molecule has 0 bridgehead atoms. The molecule has 1 aliphatic heterocycles. The lowest BCUT2D eigenvalue weighted by atomic mass is 10.2. The third kappa shape index (κ3) is 4.72. The first-order chi connectivity index (χ1) is 13.5. The van der Waals surface area contributed by atoms with Crippen LogP contribution in [0.5, 0.6) is 23.0 Å². The number of benzene rings is 2. The predicted molar refractivity (Wildman–Crippen MR) is 112 cm³/mol. The van der Waals surface area contributed by atoms with Crippen molar-refractivity contribution in [3.63, 3.8) is 0 Å². The molecule has 8 heteroatoms. The molecule has 0 saturated heterocycles. The Morgan fingerprint density at radius 3 is 2.64 bits per heavy atom. The Morgan fingerprint density at radius 2 is 1.96 bits per heavy atom. The van der Waals surface area contributed by atoms with Crippen molar-refractivity contribution in [1.29, 1.82) is 0 Å². The number of halogens is 2. The van der Waals surface area contributed by atoms with Crippen molar-refractivity contribution >= 4 is 45.2 Å². The molecule has 0 fully saturated rings. The normalized spacial score (nSPS) is 12.7. The SMILES string of the molecule is CCOc1cc(/C=C/C(=O)Nc2cc3c(cc2Br)OCCO3)cc(Cl)c1OC. The van der Waals surface area contributed by atoms with Gasteiger partial charge in [-0.1, -0.05) is 11.6 Å². The average Bonchev–Trinajstić information content (AvgIpc) is 2.67. The lowest BCUT2D eigenvalue weighted by molar-refractivity contribution is -0.111. The van der Waals surface area contributed by atoms with Gasteiger partial charge < -0.3 is 24.3 Å². The molecule has 0 unspecified atom stereocenters. The number of hydrogen-bond donors (Lipinski definition) is 1. The maximum atomic E-state index is 12.3. The zero-order chi connectivity index (χ0) is 20.1. The smallest absolute Gasteiger partial charge is 0.248 e. The molecule has 1 aliphatic rings. The number of rotatable bonds is 6. The molecule has 1 heterocycles. The summed E-state index contributed by atoms with van der Waals surface area (Å²) in [5, 5.41) is 3.22. The number of hydrogen-bond acceptors (Lipinski definition) is 5. The number of fused-ring (bicyclic) bond motifs is 1. The number of nitrogens with one attached hydrogen (secondary N) is 1. The van der Waals surface area contributed by atoms with Crippen LogP contribution in [0.1, 0.15) is 12.5 Å². The molecular formula is C20H19BrClNO5. The van der Waals surface area contributed by atoms with Crippen LogP contribution in [-0.4, -0.2) is 32.8 Å². The number of carbonyl (C=O) groups is 1. The standard InChI is InChI=1S/C20H19BrClNO5/c1-3-26-18-9-12(8-14(22)20(18)25-2)4-5-19(24)23-15-11-17-16(10-13(15)21)27-6-7-28-17/h4-5,8-11H,3,6-7H2,1-2H3,(H,23,24)/b5-4+. The molecule has 28 heavy (non-hydrogen) atoms. The number of carbonyl (C=O) groups excluding carboxylic acids is 1. The highest BCUT2D eigenvalue weighted by Crippen LogP contribution is 2.38. The maximum Gasteiger partial charge on any atom is 0.248 e. The van der Waals surface area contributed by atoms with Gasteiger partial charge in [-0.3, -0.25) is 4.79 Å². The number of amides is 1. The van der Waals surface area contributed by atoms with Gasteiger partial charge in [0.05, 0.1) is 24.4 Å². The second-order valence-electron chi connectivity index (χ2n) is 5.77. The van der Waals surface area contributed by atoms with Crippen molar-refractivity contribution in [2.24, 2.45) is 0 Å². The van der Waals surface area contributed by atoms with Crippen molar-refractivity contribution in [2.45, 2.75) is 6.92 Å². The molecule has 0 atom stereocenters. The van der Waals surface area contributed by atoms with E-state index in [0.717, 1.165) is 0 Å². The second kappa shape index (κ2) is 9.21. The summed E-state index contributed by atoms with van der Waals surface area (Å²) in [4.78, 5) is 12.3.